The van der Waals surface area contributed by atoms with Gasteiger partial charge in [0, 0.05) is 18.2 Å². The molecule has 1 N–H and O–H groups in total. The summed E-state index contributed by atoms with van der Waals surface area (Å²) in [6.45, 7) is 1.33. The van der Waals surface area contributed by atoms with Crippen molar-refractivity contribution < 1.29 is 13.2 Å². The first-order valence-corrected chi connectivity index (χ1v) is 11.6. The fraction of sp³-hybridized carbons (Fsp3) is 0.316. The minimum atomic E-state index is -3.66. The number of thiazole rings is 1. The van der Waals surface area contributed by atoms with Crippen LogP contribution in [0.1, 0.15) is 18.4 Å². The van der Waals surface area contributed by atoms with Crippen molar-refractivity contribution in [1.82, 2.24) is 9.29 Å². The Hall–Kier alpha value is -1.71. The highest BCUT2D eigenvalue weighted by molar-refractivity contribution is 7.89. The first-order valence-electron chi connectivity index (χ1n) is 8.91. The zero-order valence-electron chi connectivity index (χ0n) is 14.9. The molecule has 1 aliphatic rings. The molecule has 0 saturated carbocycles. The lowest BCUT2D eigenvalue weighted by molar-refractivity contribution is 0.114. The Balaban J connectivity index is 1.59. The maximum absolute atomic E-state index is 12.6. The number of benzene rings is 2. The zero-order valence-corrected chi connectivity index (χ0v) is 17.3. The van der Waals surface area contributed by atoms with Crippen molar-refractivity contribution in [2.24, 2.45) is 0 Å². The molecule has 0 amide bonds. The van der Waals surface area contributed by atoms with Crippen molar-refractivity contribution in [2.45, 2.75) is 30.4 Å². The number of nitrogens with zero attached hydrogens (tertiary/aromatic N) is 1. The van der Waals surface area contributed by atoms with Gasteiger partial charge in [-0.2, -0.15) is 0 Å². The lowest BCUT2D eigenvalue weighted by Gasteiger charge is -2.11. The molecule has 2 aromatic carbocycles. The number of nitrogens with one attached hydrogen (secondary N) is 1. The van der Waals surface area contributed by atoms with Crippen LogP contribution in [-0.2, 0) is 21.3 Å². The molecule has 2 heterocycles. The van der Waals surface area contributed by atoms with Crippen LogP contribution in [0.25, 0.3) is 10.2 Å². The molecule has 0 unspecified atom stereocenters. The van der Waals surface area contributed by atoms with Crippen molar-refractivity contribution in [3.63, 3.8) is 0 Å². The van der Waals surface area contributed by atoms with Crippen LogP contribution >= 0.6 is 22.9 Å². The lowest BCUT2D eigenvalue weighted by Crippen LogP contribution is -2.31. The van der Waals surface area contributed by atoms with Crippen LogP contribution in [-0.4, -0.2) is 32.2 Å². The van der Waals surface area contributed by atoms with E-state index in [1.54, 1.807) is 28.8 Å². The summed E-state index contributed by atoms with van der Waals surface area (Å²) in [7, 11) is -3.66. The minimum absolute atomic E-state index is 0.0741. The van der Waals surface area contributed by atoms with E-state index in [1.807, 2.05) is 12.1 Å². The molecule has 6 nitrogen and oxygen atoms in total. The van der Waals surface area contributed by atoms with E-state index in [0.29, 0.717) is 28.4 Å². The van der Waals surface area contributed by atoms with Gasteiger partial charge in [0.15, 0.2) is 0 Å². The van der Waals surface area contributed by atoms with Gasteiger partial charge < -0.3 is 4.74 Å². The molecule has 148 valence electrons. The molecule has 1 fully saturated rings. The molecule has 3 aromatic rings. The molecule has 0 bridgehead atoms. The fourth-order valence-corrected chi connectivity index (χ4v) is 5.45. The number of rotatable bonds is 6. The third kappa shape index (κ3) is 4.16. The van der Waals surface area contributed by atoms with E-state index in [2.05, 4.69) is 4.72 Å². The van der Waals surface area contributed by atoms with Gasteiger partial charge in [0.1, 0.15) is 0 Å². The Labute approximate surface area is 171 Å². The first-order chi connectivity index (χ1) is 13.4. The topological polar surface area (TPSA) is 77.4 Å². The first kappa shape index (κ1) is 19.6. The Kier molecular flexibility index (Phi) is 5.57. The van der Waals surface area contributed by atoms with Crippen molar-refractivity contribution in [2.75, 3.05) is 13.2 Å². The summed E-state index contributed by atoms with van der Waals surface area (Å²) in [4.78, 5) is 12.5. The van der Waals surface area contributed by atoms with Crippen LogP contribution in [0.5, 0.6) is 0 Å². The molecule has 0 aliphatic carbocycles. The molecule has 9 heteroatoms. The molecule has 1 aliphatic heterocycles. The Morgan fingerprint density at radius 3 is 2.71 bits per heavy atom. The van der Waals surface area contributed by atoms with E-state index in [0.717, 1.165) is 29.7 Å². The number of hydrogen-bond donors (Lipinski definition) is 1. The van der Waals surface area contributed by atoms with E-state index in [4.69, 9.17) is 16.3 Å². The average Bonchev–Trinajstić information content (AvgIpc) is 3.30. The number of aromatic nitrogens is 1. The minimum Gasteiger partial charge on any atom is -0.377 e. The van der Waals surface area contributed by atoms with Gasteiger partial charge in [-0.1, -0.05) is 35.1 Å². The van der Waals surface area contributed by atoms with Crippen LogP contribution in [0.2, 0.25) is 5.02 Å². The van der Waals surface area contributed by atoms with Crippen molar-refractivity contribution >= 4 is 43.2 Å². The number of fused-ring (bicyclic) bond motifs is 1. The van der Waals surface area contributed by atoms with E-state index in [9.17, 15) is 13.2 Å². The molecule has 4 rings (SSSR count). The molecule has 0 spiro atoms. The molecule has 1 saturated heterocycles. The van der Waals surface area contributed by atoms with Gasteiger partial charge in [0.05, 0.1) is 27.8 Å². The summed E-state index contributed by atoms with van der Waals surface area (Å²) < 4.78 is 35.5. The van der Waals surface area contributed by atoms with Crippen LogP contribution in [0.3, 0.4) is 0 Å². The predicted molar refractivity (Wildman–Crippen MR) is 111 cm³/mol. The van der Waals surface area contributed by atoms with E-state index < -0.39 is 10.0 Å². The second-order valence-electron chi connectivity index (χ2n) is 6.70. The zero-order chi connectivity index (χ0) is 19.7. The molecule has 28 heavy (non-hydrogen) atoms. The molecule has 0 radical (unpaired) electrons. The second-order valence-corrected chi connectivity index (χ2v) is 9.89. The average molecular weight is 439 g/mol. The summed E-state index contributed by atoms with van der Waals surface area (Å²) in [5, 5.41) is 0.636. The van der Waals surface area contributed by atoms with Gasteiger partial charge in [0.2, 0.25) is 10.0 Å². The highest BCUT2D eigenvalue weighted by Gasteiger charge is 2.21. The lowest BCUT2D eigenvalue weighted by atomic mass is 10.2. The van der Waals surface area contributed by atoms with Crippen LogP contribution < -0.4 is 9.60 Å². The third-order valence-electron chi connectivity index (χ3n) is 4.73. The summed E-state index contributed by atoms with van der Waals surface area (Å²) in [6.07, 6.45) is 1.74. The SMILES string of the molecule is O=c1sc2cc(S(=O)(=O)NC[C@H]3CCCO3)ccc2n1Cc1ccc(Cl)cc1. The summed E-state index contributed by atoms with van der Waals surface area (Å²) >= 11 is 6.95. The molecular weight excluding hydrogens is 420 g/mol. The largest absolute Gasteiger partial charge is 0.377 e. The Bertz CT molecular complexity index is 1150. The van der Waals surface area contributed by atoms with Crippen LogP contribution in [0.15, 0.2) is 52.2 Å². The standard InChI is InChI=1S/C19H19ClN2O4S2/c20-14-5-3-13(4-6-14)12-22-17-8-7-16(10-18(17)27-19(22)23)28(24,25)21-11-15-2-1-9-26-15/h3-8,10,15,21H,1-2,9,11-12H2/t15-/m1/s1. The predicted octanol–water partition coefficient (Wildman–Crippen LogP) is 3.22. The normalized spacial score (nSPS) is 17.4. The number of ether oxygens (including phenoxy) is 1. The van der Waals surface area contributed by atoms with Gasteiger partial charge in [-0.3, -0.25) is 9.36 Å². The van der Waals surface area contributed by atoms with Crippen molar-refractivity contribution in [3.8, 4) is 0 Å². The fourth-order valence-electron chi connectivity index (χ4n) is 3.23. The number of halogens is 1. The Morgan fingerprint density at radius 2 is 2.00 bits per heavy atom. The van der Waals surface area contributed by atoms with Crippen molar-refractivity contribution in [1.29, 1.82) is 0 Å². The van der Waals surface area contributed by atoms with Crippen LogP contribution in [0.4, 0.5) is 0 Å². The highest BCUT2D eigenvalue weighted by Crippen LogP contribution is 2.23. The number of hydrogen-bond acceptors (Lipinski definition) is 5. The Morgan fingerprint density at radius 1 is 1.21 bits per heavy atom. The summed E-state index contributed by atoms with van der Waals surface area (Å²) in [5.41, 5.74) is 1.66. The number of sulfonamides is 1. The van der Waals surface area contributed by atoms with E-state index in [1.165, 1.54) is 6.07 Å². The highest BCUT2D eigenvalue weighted by atomic mass is 35.5. The summed E-state index contributed by atoms with van der Waals surface area (Å²) in [5.74, 6) is 0. The summed E-state index contributed by atoms with van der Waals surface area (Å²) in [6, 6.07) is 12.1. The van der Waals surface area contributed by atoms with Crippen molar-refractivity contribution in [3.05, 3.63) is 62.7 Å². The van der Waals surface area contributed by atoms with Gasteiger partial charge in [-0.25, -0.2) is 13.1 Å². The monoisotopic (exact) mass is 438 g/mol. The molecule has 1 atom stereocenters. The maximum atomic E-state index is 12.6. The van der Waals surface area contributed by atoms with Gasteiger partial charge in [-0.05, 0) is 48.7 Å². The van der Waals surface area contributed by atoms with Gasteiger partial charge in [-0.15, -0.1) is 0 Å². The second kappa shape index (κ2) is 7.96. The smallest absolute Gasteiger partial charge is 0.308 e. The molecule has 1 aromatic heterocycles. The maximum Gasteiger partial charge on any atom is 0.308 e. The van der Waals surface area contributed by atoms with E-state index >= 15 is 0 Å². The third-order valence-corrected chi connectivity index (χ3v) is 7.34. The van der Waals surface area contributed by atoms with E-state index in [-0.39, 0.29) is 22.4 Å². The molecular formula is C19H19ClN2O4S2. The quantitative estimate of drug-likeness (QED) is 0.641. The van der Waals surface area contributed by atoms with Gasteiger partial charge in [0.25, 0.3) is 0 Å². The van der Waals surface area contributed by atoms with Crippen LogP contribution in [0, 0.1) is 0 Å². The van der Waals surface area contributed by atoms with Gasteiger partial charge >= 0.3 is 4.87 Å².